The third kappa shape index (κ3) is 1.88. The first kappa shape index (κ1) is 10.5. The normalized spacial score (nSPS) is 30.3. The number of nitrogens with zero attached hydrogens (tertiary/aromatic N) is 1. The molecule has 0 aromatic heterocycles. The minimum Gasteiger partial charge on any atom is -0.480 e. The van der Waals surface area contributed by atoms with E-state index in [0.29, 0.717) is 11.7 Å². The van der Waals surface area contributed by atoms with Gasteiger partial charge in [0.1, 0.15) is 6.04 Å². The molecule has 2 atom stereocenters. The van der Waals surface area contributed by atoms with Crippen molar-refractivity contribution in [3.8, 4) is 0 Å². The van der Waals surface area contributed by atoms with Crippen LogP contribution in [0.2, 0.25) is 0 Å². The molecule has 2 fully saturated rings. The molecule has 1 heterocycles. The zero-order chi connectivity index (χ0) is 11.0. The van der Waals surface area contributed by atoms with Gasteiger partial charge in [0.15, 0.2) is 0 Å². The van der Waals surface area contributed by atoms with Crippen molar-refractivity contribution >= 4 is 23.6 Å². The van der Waals surface area contributed by atoms with E-state index in [4.69, 9.17) is 5.11 Å². The predicted molar refractivity (Wildman–Crippen MR) is 57.4 cm³/mol. The van der Waals surface area contributed by atoms with Crippen LogP contribution in [-0.4, -0.2) is 39.1 Å². The standard InChI is InChI=1S/C10H13NO3S/c1-2-8(12)11-7(10(13)14)5-15-9(11)6-3-4-6/h2,6-7,9H,1,3-5H2,(H,13,14). The zero-order valence-corrected chi connectivity index (χ0v) is 9.07. The first-order chi connectivity index (χ1) is 7.15. The van der Waals surface area contributed by atoms with Gasteiger partial charge in [0.05, 0.1) is 5.37 Å². The van der Waals surface area contributed by atoms with Crippen LogP contribution >= 0.6 is 11.8 Å². The lowest BCUT2D eigenvalue weighted by Crippen LogP contribution is -2.45. The Morgan fingerprint density at radius 2 is 2.13 bits per heavy atom. The van der Waals surface area contributed by atoms with Crippen molar-refractivity contribution in [3.05, 3.63) is 12.7 Å². The molecule has 1 aliphatic carbocycles. The molecule has 0 aromatic carbocycles. The first-order valence-electron chi connectivity index (χ1n) is 4.94. The van der Waals surface area contributed by atoms with E-state index >= 15 is 0 Å². The van der Waals surface area contributed by atoms with Crippen molar-refractivity contribution in [2.45, 2.75) is 24.3 Å². The lowest BCUT2D eigenvalue weighted by atomic mass is 10.2. The highest BCUT2D eigenvalue weighted by Crippen LogP contribution is 2.45. The second-order valence-electron chi connectivity index (χ2n) is 3.86. The summed E-state index contributed by atoms with van der Waals surface area (Å²) in [5.41, 5.74) is 0. The van der Waals surface area contributed by atoms with Gasteiger partial charge >= 0.3 is 5.97 Å². The van der Waals surface area contributed by atoms with E-state index in [1.54, 1.807) is 11.8 Å². The average molecular weight is 227 g/mol. The highest BCUT2D eigenvalue weighted by Gasteiger charge is 2.47. The summed E-state index contributed by atoms with van der Waals surface area (Å²) in [5, 5.41) is 9.06. The summed E-state index contributed by atoms with van der Waals surface area (Å²) in [4.78, 5) is 24.1. The number of carboxylic acid groups (broad SMARTS) is 1. The van der Waals surface area contributed by atoms with Crippen LogP contribution in [0, 0.1) is 5.92 Å². The smallest absolute Gasteiger partial charge is 0.327 e. The van der Waals surface area contributed by atoms with E-state index in [1.807, 2.05) is 0 Å². The maximum Gasteiger partial charge on any atom is 0.327 e. The quantitative estimate of drug-likeness (QED) is 0.729. The van der Waals surface area contributed by atoms with Gasteiger partial charge in [-0.3, -0.25) is 4.79 Å². The highest BCUT2D eigenvalue weighted by atomic mass is 32.2. The fourth-order valence-electron chi connectivity index (χ4n) is 1.85. The van der Waals surface area contributed by atoms with Crippen LogP contribution in [0.5, 0.6) is 0 Å². The number of carbonyl (C=O) groups is 2. The molecule has 1 amide bonds. The molecule has 0 radical (unpaired) electrons. The molecule has 1 N–H and O–H groups in total. The van der Waals surface area contributed by atoms with Crippen LogP contribution in [0.1, 0.15) is 12.8 Å². The number of hydrogen-bond acceptors (Lipinski definition) is 3. The molecular weight excluding hydrogens is 214 g/mol. The molecule has 1 aliphatic heterocycles. The van der Waals surface area contributed by atoms with Crippen molar-refractivity contribution in [2.75, 3.05) is 5.75 Å². The van der Waals surface area contributed by atoms with Gasteiger partial charge in [0, 0.05) is 5.75 Å². The third-order valence-electron chi connectivity index (χ3n) is 2.77. The molecule has 0 bridgehead atoms. The SMILES string of the molecule is C=CC(=O)N1C(C(=O)O)CSC1C1CC1. The van der Waals surface area contributed by atoms with Gasteiger partial charge in [-0.15, -0.1) is 11.8 Å². The van der Waals surface area contributed by atoms with Crippen LogP contribution in [0.15, 0.2) is 12.7 Å². The van der Waals surface area contributed by atoms with Gasteiger partial charge in [-0.05, 0) is 24.8 Å². The predicted octanol–water partition coefficient (Wildman–Crippen LogP) is 0.937. The Kier molecular flexibility index (Phi) is 2.73. The summed E-state index contributed by atoms with van der Waals surface area (Å²) in [5.74, 6) is -0.191. The van der Waals surface area contributed by atoms with E-state index < -0.39 is 12.0 Å². The van der Waals surface area contributed by atoms with Crippen LogP contribution < -0.4 is 0 Å². The average Bonchev–Trinajstić information content (AvgIpc) is 2.95. The largest absolute Gasteiger partial charge is 0.480 e. The molecule has 1 saturated carbocycles. The minimum absolute atomic E-state index is 0.0524. The summed E-state index contributed by atoms with van der Waals surface area (Å²) in [7, 11) is 0. The van der Waals surface area contributed by atoms with Gasteiger partial charge in [-0.2, -0.15) is 0 Å². The molecule has 82 valence electrons. The van der Waals surface area contributed by atoms with Gasteiger partial charge < -0.3 is 10.0 Å². The molecule has 0 spiro atoms. The Morgan fingerprint density at radius 3 is 2.60 bits per heavy atom. The second kappa shape index (κ2) is 3.89. The summed E-state index contributed by atoms with van der Waals surface area (Å²) >= 11 is 1.58. The number of aliphatic carboxylic acids is 1. The number of hydrogen-bond donors (Lipinski definition) is 1. The topological polar surface area (TPSA) is 57.6 Å². The molecule has 1 saturated heterocycles. The highest BCUT2D eigenvalue weighted by molar-refractivity contribution is 8.00. The van der Waals surface area contributed by atoms with Crippen LogP contribution in [0.25, 0.3) is 0 Å². The molecule has 5 heteroatoms. The number of carbonyl (C=O) groups excluding carboxylic acids is 1. The lowest BCUT2D eigenvalue weighted by Gasteiger charge is -2.25. The second-order valence-corrected chi connectivity index (χ2v) is 5.01. The van der Waals surface area contributed by atoms with E-state index in [9.17, 15) is 9.59 Å². The summed E-state index contributed by atoms with van der Waals surface area (Å²) in [6, 6.07) is -0.675. The molecule has 2 unspecified atom stereocenters. The number of thioether (sulfide) groups is 1. The maximum absolute atomic E-state index is 11.6. The van der Waals surface area contributed by atoms with Crippen molar-refractivity contribution < 1.29 is 14.7 Å². The fourth-order valence-corrected chi connectivity index (χ4v) is 3.49. The third-order valence-corrected chi connectivity index (χ3v) is 4.24. The number of rotatable bonds is 3. The van der Waals surface area contributed by atoms with E-state index in [2.05, 4.69) is 6.58 Å². The van der Waals surface area contributed by atoms with Crippen LogP contribution in [0.4, 0.5) is 0 Å². The number of carboxylic acids is 1. The Morgan fingerprint density at radius 1 is 1.47 bits per heavy atom. The van der Waals surface area contributed by atoms with Crippen LogP contribution in [-0.2, 0) is 9.59 Å². The Labute approximate surface area is 92.3 Å². The summed E-state index contributed by atoms with van der Waals surface area (Å²) < 4.78 is 0. The monoisotopic (exact) mass is 227 g/mol. The lowest BCUT2D eigenvalue weighted by molar-refractivity contribution is -0.147. The Hall–Kier alpha value is -0.970. The van der Waals surface area contributed by atoms with Crippen LogP contribution in [0.3, 0.4) is 0 Å². The van der Waals surface area contributed by atoms with Gasteiger partial charge in [0.25, 0.3) is 0 Å². The van der Waals surface area contributed by atoms with E-state index in [0.717, 1.165) is 12.8 Å². The van der Waals surface area contributed by atoms with Crippen molar-refractivity contribution in [1.29, 1.82) is 0 Å². The summed E-state index contributed by atoms with van der Waals surface area (Å²) in [6.45, 7) is 3.42. The van der Waals surface area contributed by atoms with E-state index in [1.165, 1.54) is 11.0 Å². The van der Waals surface area contributed by atoms with E-state index in [-0.39, 0.29) is 11.3 Å². The maximum atomic E-state index is 11.6. The fraction of sp³-hybridized carbons (Fsp3) is 0.600. The van der Waals surface area contributed by atoms with Gasteiger partial charge in [-0.25, -0.2) is 4.79 Å². The molecule has 2 aliphatic rings. The van der Waals surface area contributed by atoms with Crippen molar-refractivity contribution in [2.24, 2.45) is 5.92 Å². The first-order valence-corrected chi connectivity index (χ1v) is 5.99. The number of amides is 1. The minimum atomic E-state index is -0.916. The molecule has 4 nitrogen and oxygen atoms in total. The zero-order valence-electron chi connectivity index (χ0n) is 8.26. The molecule has 15 heavy (non-hydrogen) atoms. The molecular formula is C10H13NO3S. The Bertz CT molecular complexity index is 314. The van der Waals surface area contributed by atoms with Crippen molar-refractivity contribution in [3.63, 3.8) is 0 Å². The van der Waals surface area contributed by atoms with Gasteiger partial charge in [0.2, 0.25) is 5.91 Å². The summed E-state index contributed by atoms with van der Waals surface area (Å²) in [6.07, 6.45) is 3.41. The van der Waals surface area contributed by atoms with Crippen molar-refractivity contribution in [1.82, 2.24) is 4.90 Å². The Balaban J connectivity index is 2.18. The molecule has 2 rings (SSSR count). The van der Waals surface area contributed by atoms with Gasteiger partial charge in [-0.1, -0.05) is 6.58 Å². The molecule has 0 aromatic rings.